The van der Waals surface area contributed by atoms with Gasteiger partial charge >= 0.3 is 10.1 Å². The summed E-state index contributed by atoms with van der Waals surface area (Å²) in [6.07, 6.45) is 0. The maximum absolute atomic E-state index is 12.8. The molecule has 0 heterocycles. The first-order valence-corrected chi connectivity index (χ1v) is 8.53. The highest BCUT2D eigenvalue weighted by Crippen LogP contribution is 2.20. The molecule has 0 fully saturated rings. The monoisotopic (exact) mass is 323 g/mol. The fourth-order valence-corrected chi connectivity index (χ4v) is 2.42. The van der Waals surface area contributed by atoms with Crippen LogP contribution in [-0.2, 0) is 23.2 Å². The highest BCUT2D eigenvalue weighted by atomic mass is 32.2. The van der Waals surface area contributed by atoms with Crippen LogP contribution in [0.2, 0.25) is 0 Å². The summed E-state index contributed by atoms with van der Waals surface area (Å²) >= 11 is 0. The summed E-state index contributed by atoms with van der Waals surface area (Å²) in [5, 5.41) is 3.18. The lowest BCUT2D eigenvalue weighted by Gasteiger charge is -2.11. The maximum atomic E-state index is 12.8. The minimum Gasteiger partial charge on any atom is -0.382 e. The van der Waals surface area contributed by atoms with Crippen molar-refractivity contribution in [2.75, 3.05) is 5.75 Å². The first kappa shape index (κ1) is 16.5. The highest BCUT2D eigenvalue weighted by molar-refractivity contribution is 7.87. The number of nitrogens with one attached hydrogen (secondary N) is 1. The second kappa shape index (κ2) is 7.38. The molecule has 0 saturated carbocycles. The van der Waals surface area contributed by atoms with Gasteiger partial charge in [0.1, 0.15) is 11.6 Å². The SMILES string of the molecule is CCS(=O)(=O)Oc1ccccc1CNCc1ccc(F)cc1. The lowest BCUT2D eigenvalue weighted by molar-refractivity contribution is 0.482. The summed E-state index contributed by atoms with van der Waals surface area (Å²) in [4.78, 5) is 0. The van der Waals surface area contributed by atoms with Gasteiger partial charge in [-0.3, -0.25) is 0 Å². The van der Waals surface area contributed by atoms with E-state index in [9.17, 15) is 12.8 Å². The Kier molecular flexibility index (Phi) is 5.51. The molecule has 0 radical (unpaired) electrons. The second-order valence-electron chi connectivity index (χ2n) is 4.77. The molecular formula is C16H18FNO3S. The maximum Gasteiger partial charge on any atom is 0.308 e. The van der Waals surface area contributed by atoms with Gasteiger partial charge in [-0.05, 0) is 30.7 Å². The van der Waals surface area contributed by atoms with Crippen LogP contribution >= 0.6 is 0 Å². The number of hydrogen-bond donors (Lipinski definition) is 1. The molecule has 2 aromatic rings. The summed E-state index contributed by atoms with van der Waals surface area (Å²) < 4.78 is 41.0. The third-order valence-electron chi connectivity index (χ3n) is 3.10. The van der Waals surface area contributed by atoms with Crippen LogP contribution in [0.1, 0.15) is 18.1 Å². The lowest BCUT2D eigenvalue weighted by Crippen LogP contribution is -2.16. The van der Waals surface area contributed by atoms with Crippen LogP contribution < -0.4 is 9.50 Å². The predicted octanol–water partition coefficient (Wildman–Crippen LogP) is 2.84. The summed E-state index contributed by atoms with van der Waals surface area (Å²) in [5.74, 6) is -0.0205. The topological polar surface area (TPSA) is 55.4 Å². The van der Waals surface area contributed by atoms with Crippen molar-refractivity contribution in [2.24, 2.45) is 0 Å². The van der Waals surface area contributed by atoms with Crippen LogP contribution in [-0.4, -0.2) is 14.2 Å². The summed E-state index contributed by atoms with van der Waals surface area (Å²) in [6.45, 7) is 2.53. The molecule has 1 N–H and O–H groups in total. The number of halogens is 1. The molecule has 2 rings (SSSR count). The molecule has 2 aromatic carbocycles. The molecule has 0 aliphatic rings. The van der Waals surface area contributed by atoms with E-state index in [0.717, 1.165) is 11.1 Å². The van der Waals surface area contributed by atoms with Gasteiger partial charge in [0.2, 0.25) is 0 Å². The molecule has 0 unspecified atom stereocenters. The Morgan fingerprint density at radius 3 is 2.41 bits per heavy atom. The van der Waals surface area contributed by atoms with E-state index in [-0.39, 0.29) is 11.6 Å². The van der Waals surface area contributed by atoms with Crippen molar-refractivity contribution in [3.05, 3.63) is 65.5 Å². The van der Waals surface area contributed by atoms with E-state index in [1.807, 2.05) is 6.07 Å². The molecule has 118 valence electrons. The average molecular weight is 323 g/mol. The van der Waals surface area contributed by atoms with Gasteiger partial charge < -0.3 is 9.50 Å². The second-order valence-corrected chi connectivity index (χ2v) is 6.63. The van der Waals surface area contributed by atoms with Gasteiger partial charge in [-0.2, -0.15) is 8.42 Å². The van der Waals surface area contributed by atoms with E-state index in [1.54, 1.807) is 30.3 Å². The molecule has 0 bridgehead atoms. The summed E-state index contributed by atoms with van der Waals surface area (Å²) in [7, 11) is -3.55. The zero-order chi connectivity index (χ0) is 16.0. The Bertz CT molecular complexity index is 714. The number of hydrogen-bond acceptors (Lipinski definition) is 4. The molecule has 0 aromatic heterocycles. The Morgan fingerprint density at radius 1 is 1.05 bits per heavy atom. The van der Waals surface area contributed by atoms with Crippen molar-refractivity contribution >= 4 is 10.1 Å². The predicted molar refractivity (Wildman–Crippen MR) is 83.5 cm³/mol. The van der Waals surface area contributed by atoms with Gasteiger partial charge in [0, 0.05) is 18.7 Å². The van der Waals surface area contributed by atoms with Crippen LogP contribution in [0.3, 0.4) is 0 Å². The fourth-order valence-electron chi connectivity index (χ4n) is 1.87. The Hall–Kier alpha value is -1.92. The third-order valence-corrected chi connectivity index (χ3v) is 4.24. The standard InChI is InChI=1S/C16H18FNO3S/c1-2-22(19,20)21-16-6-4-3-5-14(16)12-18-11-13-7-9-15(17)10-8-13/h3-10,18H,2,11-12H2,1H3. The van der Waals surface area contributed by atoms with Gasteiger partial charge in [0.25, 0.3) is 0 Å². The Morgan fingerprint density at radius 2 is 1.73 bits per heavy atom. The number of rotatable bonds is 7. The van der Waals surface area contributed by atoms with Gasteiger partial charge in [-0.15, -0.1) is 0 Å². The van der Waals surface area contributed by atoms with Gasteiger partial charge in [0.15, 0.2) is 0 Å². The zero-order valence-electron chi connectivity index (χ0n) is 12.3. The summed E-state index contributed by atoms with van der Waals surface area (Å²) in [6, 6.07) is 13.2. The average Bonchev–Trinajstić information content (AvgIpc) is 2.51. The molecule has 0 spiro atoms. The van der Waals surface area contributed by atoms with E-state index in [0.29, 0.717) is 18.8 Å². The van der Waals surface area contributed by atoms with Crippen molar-refractivity contribution in [1.82, 2.24) is 5.32 Å². The van der Waals surface area contributed by atoms with Crippen LogP contribution in [0.15, 0.2) is 48.5 Å². The van der Waals surface area contributed by atoms with Crippen LogP contribution in [0.4, 0.5) is 4.39 Å². The molecule has 0 aliphatic heterocycles. The quantitative estimate of drug-likeness (QED) is 0.796. The van der Waals surface area contributed by atoms with Crippen molar-refractivity contribution < 1.29 is 17.0 Å². The molecule has 0 saturated heterocycles. The first-order chi connectivity index (χ1) is 10.5. The molecule has 6 heteroatoms. The summed E-state index contributed by atoms with van der Waals surface area (Å²) in [5.41, 5.74) is 1.70. The molecule has 0 amide bonds. The molecule has 0 aliphatic carbocycles. The molecule has 4 nitrogen and oxygen atoms in total. The van der Waals surface area contributed by atoms with E-state index >= 15 is 0 Å². The van der Waals surface area contributed by atoms with E-state index in [2.05, 4.69) is 5.32 Å². The van der Waals surface area contributed by atoms with Crippen molar-refractivity contribution in [2.45, 2.75) is 20.0 Å². The Balaban J connectivity index is 1.99. The van der Waals surface area contributed by atoms with Crippen molar-refractivity contribution in [1.29, 1.82) is 0 Å². The molecule has 0 atom stereocenters. The number of benzene rings is 2. The minimum absolute atomic E-state index is 0.0790. The van der Waals surface area contributed by atoms with E-state index in [4.69, 9.17) is 4.18 Å². The first-order valence-electron chi connectivity index (χ1n) is 6.95. The lowest BCUT2D eigenvalue weighted by atomic mass is 10.2. The van der Waals surface area contributed by atoms with Crippen LogP contribution in [0.5, 0.6) is 5.75 Å². The normalized spacial score (nSPS) is 11.4. The van der Waals surface area contributed by atoms with E-state index < -0.39 is 10.1 Å². The Labute approximate surface area is 130 Å². The van der Waals surface area contributed by atoms with Gasteiger partial charge in [-0.1, -0.05) is 30.3 Å². The van der Waals surface area contributed by atoms with Crippen LogP contribution in [0, 0.1) is 5.82 Å². The van der Waals surface area contributed by atoms with Gasteiger partial charge in [0.05, 0.1) is 5.75 Å². The number of para-hydroxylation sites is 1. The molecule has 22 heavy (non-hydrogen) atoms. The zero-order valence-corrected chi connectivity index (χ0v) is 13.1. The van der Waals surface area contributed by atoms with Crippen molar-refractivity contribution in [3.63, 3.8) is 0 Å². The highest BCUT2D eigenvalue weighted by Gasteiger charge is 2.12. The fraction of sp³-hybridized carbons (Fsp3) is 0.250. The third kappa shape index (κ3) is 4.82. The van der Waals surface area contributed by atoms with Crippen molar-refractivity contribution in [3.8, 4) is 5.75 Å². The largest absolute Gasteiger partial charge is 0.382 e. The van der Waals surface area contributed by atoms with E-state index in [1.165, 1.54) is 19.1 Å². The van der Waals surface area contributed by atoms with Crippen LogP contribution in [0.25, 0.3) is 0 Å². The molecular weight excluding hydrogens is 305 g/mol. The van der Waals surface area contributed by atoms with Gasteiger partial charge in [-0.25, -0.2) is 4.39 Å². The smallest absolute Gasteiger partial charge is 0.308 e. The minimum atomic E-state index is -3.55.